The summed E-state index contributed by atoms with van der Waals surface area (Å²) in [5, 5.41) is 3.38. The predicted octanol–water partition coefficient (Wildman–Crippen LogP) is 4.41. The summed E-state index contributed by atoms with van der Waals surface area (Å²) in [5.41, 5.74) is 1.89. The quantitative estimate of drug-likeness (QED) is 0.402. The molecular weight excluding hydrogens is 493 g/mol. The van der Waals surface area contributed by atoms with Gasteiger partial charge in [-0.05, 0) is 54.4 Å². The molecule has 0 bridgehead atoms. The zero-order chi connectivity index (χ0) is 25.6. The number of benzene rings is 3. The van der Waals surface area contributed by atoms with Crippen molar-refractivity contribution in [2.24, 2.45) is 0 Å². The summed E-state index contributed by atoms with van der Waals surface area (Å²) in [6, 6.07) is 17.5. The fourth-order valence-electron chi connectivity index (χ4n) is 3.17. The summed E-state index contributed by atoms with van der Waals surface area (Å²) < 4.78 is 47.7. The number of ether oxygens (including phenoxy) is 1. The summed E-state index contributed by atoms with van der Waals surface area (Å²) in [4.78, 5) is 12.5. The highest BCUT2D eigenvalue weighted by Crippen LogP contribution is 2.25. The molecule has 35 heavy (non-hydrogen) atoms. The van der Waals surface area contributed by atoms with E-state index in [0.717, 1.165) is 14.2 Å². The van der Waals surface area contributed by atoms with Crippen LogP contribution in [0.5, 0.6) is 5.75 Å². The van der Waals surface area contributed by atoms with E-state index in [1.54, 1.807) is 36.4 Å². The lowest BCUT2D eigenvalue weighted by Crippen LogP contribution is -2.40. The number of carbonyl (C=O) groups is 1. The number of nitrogens with one attached hydrogen (secondary N) is 1. The smallest absolute Gasteiger partial charge is 0.303 e. The third kappa shape index (κ3) is 6.72. The Morgan fingerprint density at radius 2 is 1.74 bits per heavy atom. The molecule has 3 aromatic rings. The molecule has 1 N–H and O–H groups in total. The normalized spacial score (nSPS) is 11.4. The summed E-state index contributed by atoms with van der Waals surface area (Å²) >= 11 is 6.08. The van der Waals surface area contributed by atoms with E-state index in [1.165, 1.54) is 32.3 Å². The van der Waals surface area contributed by atoms with Crippen molar-refractivity contribution in [2.45, 2.75) is 13.5 Å². The molecule has 0 radical (unpaired) electrons. The van der Waals surface area contributed by atoms with Crippen LogP contribution in [0.25, 0.3) is 0 Å². The molecule has 3 rings (SSSR count). The summed E-state index contributed by atoms with van der Waals surface area (Å²) in [5.74, 6) is -0.329. The highest BCUT2D eigenvalue weighted by Gasteiger charge is 2.27. The van der Waals surface area contributed by atoms with Crippen LogP contribution in [0, 0.1) is 12.7 Å². The Labute approximate surface area is 210 Å². The van der Waals surface area contributed by atoms with Crippen molar-refractivity contribution in [1.82, 2.24) is 9.62 Å². The fourth-order valence-corrected chi connectivity index (χ4v) is 4.44. The van der Waals surface area contributed by atoms with E-state index in [2.05, 4.69) is 5.32 Å². The second kappa shape index (κ2) is 11.5. The van der Waals surface area contributed by atoms with Gasteiger partial charge in [-0.1, -0.05) is 41.9 Å². The van der Waals surface area contributed by atoms with Crippen molar-refractivity contribution in [3.63, 3.8) is 0 Å². The van der Waals surface area contributed by atoms with E-state index in [-0.39, 0.29) is 31.3 Å². The number of amides is 1. The second-order valence-corrected chi connectivity index (χ2v) is 10.4. The number of para-hydroxylation sites is 1. The van der Waals surface area contributed by atoms with Crippen molar-refractivity contribution in [3.05, 3.63) is 94.3 Å². The molecule has 186 valence electrons. The average Bonchev–Trinajstić information content (AvgIpc) is 2.83. The zero-order valence-corrected chi connectivity index (χ0v) is 21.2. The van der Waals surface area contributed by atoms with Gasteiger partial charge in [-0.2, -0.15) is 12.7 Å². The molecule has 0 spiro atoms. The van der Waals surface area contributed by atoms with E-state index in [9.17, 15) is 17.6 Å². The Morgan fingerprint density at radius 1 is 1.06 bits per heavy atom. The van der Waals surface area contributed by atoms with Crippen LogP contribution in [0.1, 0.15) is 21.5 Å². The van der Waals surface area contributed by atoms with Gasteiger partial charge in [-0.15, -0.1) is 0 Å². The highest BCUT2D eigenvalue weighted by atomic mass is 35.5. The average molecular weight is 520 g/mol. The van der Waals surface area contributed by atoms with Gasteiger partial charge in [0, 0.05) is 24.7 Å². The van der Waals surface area contributed by atoms with Gasteiger partial charge in [0.1, 0.15) is 18.2 Å². The first-order valence-corrected chi connectivity index (χ1v) is 12.6. The predicted molar refractivity (Wildman–Crippen MR) is 136 cm³/mol. The van der Waals surface area contributed by atoms with Gasteiger partial charge in [-0.3, -0.25) is 9.10 Å². The molecule has 3 aromatic carbocycles. The van der Waals surface area contributed by atoms with Gasteiger partial charge in [0.2, 0.25) is 0 Å². The number of nitrogens with zero attached hydrogens (tertiary/aromatic N) is 2. The molecule has 0 aliphatic carbocycles. The SMILES string of the molecule is Cc1ccc(OCCNC(=O)c2ccc(CN(c3ccccc3F)S(=O)(=O)N(C)C)cc2)cc1Cl. The first-order chi connectivity index (χ1) is 16.6. The minimum Gasteiger partial charge on any atom is -0.492 e. The maximum atomic E-state index is 14.4. The van der Waals surface area contributed by atoms with Gasteiger partial charge in [0.05, 0.1) is 18.8 Å². The Kier molecular flexibility index (Phi) is 8.71. The fraction of sp³-hybridized carbons (Fsp3) is 0.240. The maximum absolute atomic E-state index is 14.4. The van der Waals surface area contributed by atoms with Gasteiger partial charge < -0.3 is 10.1 Å². The van der Waals surface area contributed by atoms with Crippen molar-refractivity contribution in [3.8, 4) is 5.75 Å². The van der Waals surface area contributed by atoms with Crippen LogP contribution >= 0.6 is 11.6 Å². The van der Waals surface area contributed by atoms with Gasteiger partial charge in [0.25, 0.3) is 5.91 Å². The molecule has 10 heteroatoms. The summed E-state index contributed by atoms with van der Waals surface area (Å²) in [7, 11) is -1.19. The Hall–Kier alpha value is -3.14. The van der Waals surface area contributed by atoms with E-state index >= 15 is 0 Å². The van der Waals surface area contributed by atoms with Gasteiger partial charge >= 0.3 is 10.2 Å². The molecule has 0 aliphatic rings. The van der Waals surface area contributed by atoms with Crippen LogP contribution in [-0.4, -0.2) is 45.9 Å². The number of carbonyl (C=O) groups excluding carboxylic acids is 1. The van der Waals surface area contributed by atoms with Crippen LogP contribution in [0.2, 0.25) is 5.02 Å². The second-order valence-electron chi connectivity index (χ2n) is 7.96. The minimum atomic E-state index is -3.96. The van der Waals surface area contributed by atoms with Gasteiger partial charge in [-0.25, -0.2) is 4.39 Å². The maximum Gasteiger partial charge on any atom is 0.303 e. The Morgan fingerprint density at radius 3 is 2.37 bits per heavy atom. The molecule has 0 fully saturated rings. The molecule has 1 amide bonds. The van der Waals surface area contributed by atoms with Crippen molar-refractivity contribution in [2.75, 3.05) is 31.6 Å². The van der Waals surface area contributed by atoms with Crippen LogP contribution in [0.3, 0.4) is 0 Å². The topological polar surface area (TPSA) is 79.0 Å². The Bertz CT molecular complexity index is 1280. The van der Waals surface area contributed by atoms with E-state index in [1.807, 2.05) is 19.1 Å². The Balaban J connectivity index is 1.62. The van der Waals surface area contributed by atoms with Crippen LogP contribution in [0.4, 0.5) is 10.1 Å². The molecule has 7 nitrogen and oxygen atoms in total. The molecule has 0 saturated heterocycles. The standard InChI is InChI=1S/C25H27ClFN3O4S/c1-18-8-13-21(16-22(18)26)34-15-14-28-25(31)20-11-9-19(10-12-20)17-30(35(32,33)29(2)3)24-7-5-4-6-23(24)27/h4-13,16H,14-15,17H2,1-3H3,(H,28,31). The van der Waals surface area contributed by atoms with Crippen molar-refractivity contribution >= 4 is 33.4 Å². The van der Waals surface area contributed by atoms with Crippen LogP contribution in [-0.2, 0) is 16.8 Å². The van der Waals surface area contributed by atoms with Crippen LogP contribution in [0.15, 0.2) is 66.7 Å². The highest BCUT2D eigenvalue weighted by molar-refractivity contribution is 7.90. The number of anilines is 1. The zero-order valence-electron chi connectivity index (χ0n) is 19.7. The third-order valence-electron chi connectivity index (χ3n) is 5.20. The molecule has 0 unspecified atom stereocenters. The summed E-state index contributed by atoms with van der Waals surface area (Å²) in [6.07, 6.45) is 0. The number of hydrogen-bond donors (Lipinski definition) is 1. The lowest BCUT2D eigenvalue weighted by molar-refractivity contribution is 0.0947. The van der Waals surface area contributed by atoms with Crippen molar-refractivity contribution in [1.29, 1.82) is 0 Å². The number of rotatable bonds is 10. The number of halogens is 2. The van der Waals surface area contributed by atoms with Crippen LogP contribution < -0.4 is 14.4 Å². The molecule has 0 heterocycles. The minimum absolute atomic E-state index is 0.0575. The van der Waals surface area contributed by atoms with E-state index < -0.39 is 16.0 Å². The monoisotopic (exact) mass is 519 g/mol. The first kappa shape index (κ1) is 26.5. The molecular formula is C25H27ClFN3O4S. The van der Waals surface area contributed by atoms with E-state index in [4.69, 9.17) is 16.3 Å². The van der Waals surface area contributed by atoms with Crippen molar-refractivity contribution < 1.29 is 22.3 Å². The lowest BCUT2D eigenvalue weighted by Gasteiger charge is -2.27. The lowest BCUT2D eigenvalue weighted by atomic mass is 10.1. The van der Waals surface area contributed by atoms with E-state index in [0.29, 0.717) is 21.9 Å². The third-order valence-corrected chi connectivity index (χ3v) is 7.42. The number of aryl methyl sites for hydroxylation is 1. The first-order valence-electron chi connectivity index (χ1n) is 10.8. The number of hydrogen-bond acceptors (Lipinski definition) is 4. The molecule has 0 atom stereocenters. The summed E-state index contributed by atoms with van der Waals surface area (Å²) in [6.45, 7) is 2.35. The molecule has 0 saturated carbocycles. The van der Waals surface area contributed by atoms with Gasteiger partial charge in [0.15, 0.2) is 0 Å². The molecule has 0 aromatic heterocycles. The molecule has 0 aliphatic heterocycles. The largest absolute Gasteiger partial charge is 0.492 e.